The van der Waals surface area contributed by atoms with Crippen LogP contribution >= 0.6 is 0 Å². The van der Waals surface area contributed by atoms with Crippen LogP contribution in [0.25, 0.3) is 0 Å². The van der Waals surface area contributed by atoms with Crippen molar-refractivity contribution in [3.63, 3.8) is 0 Å². The molecule has 1 saturated carbocycles. The number of hydrogen-bond donors (Lipinski definition) is 2. The predicted octanol–water partition coefficient (Wildman–Crippen LogP) is 2.02. The summed E-state index contributed by atoms with van der Waals surface area (Å²) in [5.41, 5.74) is 0.969. The Labute approximate surface area is 166 Å². The van der Waals surface area contributed by atoms with Crippen molar-refractivity contribution in [1.82, 2.24) is 0 Å². The second-order valence-electron chi connectivity index (χ2n) is 6.50. The van der Waals surface area contributed by atoms with Gasteiger partial charge in [-0.25, -0.2) is 0 Å². The van der Waals surface area contributed by atoms with Crippen LogP contribution in [0.3, 0.4) is 0 Å². The molecule has 1 aliphatic rings. The lowest BCUT2D eigenvalue weighted by molar-refractivity contribution is -0.262. The van der Waals surface area contributed by atoms with Gasteiger partial charge in [-0.15, -0.1) is 19.7 Å². The molecule has 0 unspecified atom stereocenters. The van der Waals surface area contributed by atoms with Crippen LogP contribution in [0.4, 0.5) is 0 Å². The first-order valence-electron chi connectivity index (χ1n) is 9.33. The molecule has 1 aromatic carbocycles. The molecule has 0 radical (unpaired) electrons. The lowest BCUT2D eigenvalue weighted by Crippen LogP contribution is -2.66. The topological polar surface area (TPSA) is 77.4 Å². The molecule has 1 aromatic rings. The highest BCUT2D eigenvalue weighted by atomic mass is 16.6. The standard InChI is InChI=1S/C22H30O6/c1-4-12-25-19-17(23)18(24)20(26-13-5-2)22(21(19)27-14-6-3)28-15-16-10-8-7-9-11-16/h4-11,17-24H,1-3,12-15H2/t17-,18+,19-,20-,21+,22+/m1/s1. The van der Waals surface area contributed by atoms with Crippen molar-refractivity contribution >= 4 is 0 Å². The van der Waals surface area contributed by atoms with Crippen LogP contribution < -0.4 is 0 Å². The number of ether oxygens (including phenoxy) is 4. The van der Waals surface area contributed by atoms with Gasteiger partial charge in [0.2, 0.25) is 0 Å². The van der Waals surface area contributed by atoms with Gasteiger partial charge < -0.3 is 29.2 Å². The van der Waals surface area contributed by atoms with Crippen molar-refractivity contribution in [1.29, 1.82) is 0 Å². The molecule has 0 amide bonds. The Hall–Kier alpha value is -1.80. The summed E-state index contributed by atoms with van der Waals surface area (Å²) in [6, 6.07) is 9.66. The fourth-order valence-corrected chi connectivity index (χ4v) is 3.22. The molecule has 2 N–H and O–H groups in total. The molecule has 2 rings (SSSR count). The first kappa shape index (κ1) is 22.5. The molecule has 6 atom stereocenters. The summed E-state index contributed by atoms with van der Waals surface area (Å²) in [5.74, 6) is 0. The number of benzene rings is 1. The molecule has 1 aliphatic carbocycles. The minimum atomic E-state index is -1.21. The highest BCUT2D eigenvalue weighted by Crippen LogP contribution is 2.31. The molecule has 0 saturated heterocycles. The van der Waals surface area contributed by atoms with Crippen LogP contribution in [0.2, 0.25) is 0 Å². The highest BCUT2D eigenvalue weighted by Gasteiger charge is 2.52. The number of aliphatic hydroxyl groups is 2. The Kier molecular flexibility index (Phi) is 9.57. The van der Waals surface area contributed by atoms with Gasteiger partial charge in [-0.1, -0.05) is 48.6 Å². The molecule has 1 fully saturated rings. The van der Waals surface area contributed by atoms with Gasteiger partial charge in [-0.05, 0) is 5.56 Å². The van der Waals surface area contributed by atoms with Crippen molar-refractivity contribution in [2.45, 2.75) is 43.2 Å². The van der Waals surface area contributed by atoms with E-state index in [9.17, 15) is 10.2 Å². The number of hydrogen-bond acceptors (Lipinski definition) is 6. The maximum Gasteiger partial charge on any atom is 0.116 e. The normalized spacial score (nSPS) is 29.9. The van der Waals surface area contributed by atoms with Gasteiger partial charge in [0.1, 0.15) is 36.6 Å². The van der Waals surface area contributed by atoms with Crippen molar-refractivity contribution in [3.8, 4) is 0 Å². The van der Waals surface area contributed by atoms with Crippen molar-refractivity contribution in [2.75, 3.05) is 19.8 Å². The average molecular weight is 390 g/mol. The van der Waals surface area contributed by atoms with Crippen LogP contribution in [-0.4, -0.2) is 66.7 Å². The van der Waals surface area contributed by atoms with Crippen molar-refractivity contribution in [2.24, 2.45) is 0 Å². The minimum absolute atomic E-state index is 0.200. The molecule has 0 aromatic heterocycles. The lowest BCUT2D eigenvalue weighted by atomic mass is 9.84. The van der Waals surface area contributed by atoms with E-state index in [0.717, 1.165) is 5.56 Å². The number of aliphatic hydroxyl groups excluding tert-OH is 2. The Morgan fingerprint density at radius 1 is 0.679 bits per heavy atom. The van der Waals surface area contributed by atoms with Crippen LogP contribution in [-0.2, 0) is 25.6 Å². The van der Waals surface area contributed by atoms with Gasteiger partial charge in [0, 0.05) is 0 Å². The number of rotatable bonds is 12. The van der Waals surface area contributed by atoms with Gasteiger partial charge in [0.05, 0.1) is 26.4 Å². The quantitative estimate of drug-likeness (QED) is 0.532. The zero-order chi connectivity index (χ0) is 20.4. The molecule has 6 heteroatoms. The molecule has 0 spiro atoms. The summed E-state index contributed by atoms with van der Waals surface area (Å²) in [6.07, 6.45) is -0.622. The van der Waals surface area contributed by atoms with Gasteiger partial charge in [0.15, 0.2) is 0 Å². The Morgan fingerprint density at radius 2 is 1.11 bits per heavy atom. The molecule has 0 heterocycles. The second kappa shape index (κ2) is 11.9. The summed E-state index contributed by atoms with van der Waals surface area (Å²) in [7, 11) is 0. The van der Waals surface area contributed by atoms with E-state index in [1.807, 2.05) is 30.3 Å². The molecule has 6 nitrogen and oxygen atoms in total. The Bertz CT molecular complexity index is 604. The zero-order valence-corrected chi connectivity index (χ0v) is 16.1. The van der Waals surface area contributed by atoms with Crippen LogP contribution in [0.5, 0.6) is 0 Å². The Balaban J connectivity index is 2.27. The maximum atomic E-state index is 10.7. The van der Waals surface area contributed by atoms with Crippen molar-refractivity contribution < 1.29 is 29.2 Å². The van der Waals surface area contributed by atoms with E-state index in [0.29, 0.717) is 6.61 Å². The van der Waals surface area contributed by atoms with E-state index in [2.05, 4.69) is 19.7 Å². The summed E-state index contributed by atoms with van der Waals surface area (Å²) < 4.78 is 23.5. The third-order valence-corrected chi connectivity index (χ3v) is 4.50. The first-order valence-corrected chi connectivity index (χ1v) is 9.33. The van der Waals surface area contributed by atoms with Crippen LogP contribution in [0.15, 0.2) is 68.3 Å². The van der Waals surface area contributed by atoms with E-state index < -0.39 is 36.6 Å². The summed E-state index contributed by atoms with van der Waals surface area (Å²) >= 11 is 0. The van der Waals surface area contributed by atoms with Gasteiger partial charge in [-0.2, -0.15) is 0 Å². The zero-order valence-electron chi connectivity index (χ0n) is 16.1. The SMILES string of the molecule is C=CCO[C@@H]1[C@@H](OCc2ccccc2)[C@H](OCC=C)[C@@H](O)[C@@H](O)[C@H]1OCC=C. The highest BCUT2D eigenvalue weighted by molar-refractivity contribution is 5.14. The molecular formula is C22H30O6. The van der Waals surface area contributed by atoms with E-state index in [4.69, 9.17) is 18.9 Å². The average Bonchev–Trinajstić information content (AvgIpc) is 2.72. The van der Waals surface area contributed by atoms with E-state index >= 15 is 0 Å². The smallest absolute Gasteiger partial charge is 0.116 e. The third kappa shape index (κ3) is 5.85. The lowest BCUT2D eigenvalue weighted by Gasteiger charge is -2.46. The Morgan fingerprint density at radius 3 is 1.57 bits per heavy atom. The largest absolute Gasteiger partial charge is 0.387 e. The van der Waals surface area contributed by atoms with Gasteiger partial charge >= 0.3 is 0 Å². The maximum absolute atomic E-state index is 10.7. The molecular weight excluding hydrogens is 360 g/mol. The summed E-state index contributed by atoms with van der Waals surface area (Å²) in [6.45, 7) is 11.9. The molecule has 0 bridgehead atoms. The minimum Gasteiger partial charge on any atom is -0.387 e. The van der Waals surface area contributed by atoms with E-state index in [1.165, 1.54) is 0 Å². The fourth-order valence-electron chi connectivity index (χ4n) is 3.22. The first-order chi connectivity index (χ1) is 13.6. The van der Waals surface area contributed by atoms with Crippen LogP contribution in [0.1, 0.15) is 5.56 Å². The van der Waals surface area contributed by atoms with Gasteiger partial charge in [-0.3, -0.25) is 0 Å². The monoisotopic (exact) mass is 390 g/mol. The van der Waals surface area contributed by atoms with Gasteiger partial charge in [0.25, 0.3) is 0 Å². The van der Waals surface area contributed by atoms with E-state index in [-0.39, 0.29) is 19.8 Å². The second-order valence-corrected chi connectivity index (χ2v) is 6.50. The third-order valence-electron chi connectivity index (χ3n) is 4.50. The molecule has 0 aliphatic heterocycles. The molecule has 28 heavy (non-hydrogen) atoms. The summed E-state index contributed by atoms with van der Waals surface area (Å²) in [4.78, 5) is 0. The fraction of sp³-hybridized carbons (Fsp3) is 0.455. The summed E-state index contributed by atoms with van der Waals surface area (Å²) in [5, 5.41) is 21.3. The predicted molar refractivity (Wildman–Crippen MR) is 107 cm³/mol. The van der Waals surface area contributed by atoms with Crippen molar-refractivity contribution in [3.05, 3.63) is 73.9 Å². The molecule has 154 valence electrons. The van der Waals surface area contributed by atoms with E-state index in [1.54, 1.807) is 18.2 Å². The van der Waals surface area contributed by atoms with Crippen LogP contribution in [0, 0.1) is 0 Å².